The van der Waals surface area contributed by atoms with E-state index in [0.29, 0.717) is 5.92 Å². The Morgan fingerprint density at radius 1 is 1.75 bits per heavy atom. The summed E-state index contributed by atoms with van der Waals surface area (Å²) in [6, 6.07) is 0. The highest BCUT2D eigenvalue weighted by molar-refractivity contribution is 5.15. The molecule has 1 saturated carbocycles. The second-order valence-corrected chi connectivity index (χ2v) is 3.82. The third kappa shape index (κ3) is 1.46. The fourth-order valence-corrected chi connectivity index (χ4v) is 2.14. The van der Waals surface area contributed by atoms with Crippen molar-refractivity contribution < 1.29 is 5.11 Å². The van der Waals surface area contributed by atoms with Crippen LogP contribution in [0.2, 0.25) is 0 Å². The lowest BCUT2D eigenvalue weighted by Crippen LogP contribution is -2.33. The lowest BCUT2D eigenvalue weighted by Gasteiger charge is -2.30. The van der Waals surface area contributed by atoms with Gasteiger partial charge in [-0.05, 0) is 44.1 Å². The summed E-state index contributed by atoms with van der Waals surface area (Å²) in [6.45, 7) is 9.48. The molecule has 0 saturated heterocycles. The Morgan fingerprint density at radius 2 is 2.42 bits per heavy atom. The Balaban J connectivity index is 2.73. The van der Waals surface area contributed by atoms with Gasteiger partial charge in [0, 0.05) is 0 Å². The van der Waals surface area contributed by atoms with Gasteiger partial charge < -0.3 is 5.11 Å². The summed E-state index contributed by atoms with van der Waals surface area (Å²) < 4.78 is 0. The molecule has 1 heteroatoms. The van der Waals surface area contributed by atoms with Crippen molar-refractivity contribution in [1.29, 1.82) is 0 Å². The van der Waals surface area contributed by atoms with Gasteiger partial charge in [0.15, 0.2) is 0 Å². The van der Waals surface area contributed by atoms with E-state index in [-0.39, 0.29) is 0 Å². The van der Waals surface area contributed by atoms with Crippen molar-refractivity contribution in [2.45, 2.75) is 38.2 Å². The normalized spacial score (nSPS) is 35.0. The van der Waals surface area contributed by atoms with Crippen molar-refractivity contribution in [1.82, 2.24) is 0 Å². The quantitative estimate of drug-likeness (QED) is 0.639. The van der Waals surface area contributed by atoms with E-state index in [0.717, 1.165) is 31.3 Å². The van der Waals surface area contributed by atoms with Crippen LogP contribution in [0.25, 0.3) is 0 Å². The van der Waals surface area contributed by atoms with E-state index in [1.807, 2.05) is 13.0 Å². The molecule has 0 aromatic carbocycles. The summed E-state index contributed by atoms with van der Waals surface area (Å²) in [7, 11) is 0. The molecule has 1 aliphatic rings. The zero-order chi connectivity index (χ0) is 9.19. The third-order valence-corrected chi connectivity index (χ3v) is 2.98. The maximum atomic E-state index is 10.2. The number of aliphatic hydroxyl groups is 1. The first-order chi connectivity index (χ1) is 5.61. The standard InChI is InChI=1S/C11H18O/c1-4-6-10-7-5-8-11(10,12)9(2)3/h4,10,12H,1-2,5-8H2,3H3/t10-,11+/m0/s1. The van der Waals surface area contributed by atoms with Crippen molar-refractivity contribution in [3.8, 4) is 0 Å². The molecule has 2 atom stereocenters. The molecule has 1 aliphatic carbocycles. The third-order valence-electron chi connectivity index (χ3n) is 2.98. The van der Waals surface area contributed by atoms with Crippen LogP contribution in [-0.4, -0.2) is 10.7 Å². The Kier molecular flexibility index (Phi) is 2.73. The molecular weight excluding hydrogens is 148 g/mol. The van der Waals surface area contributed by atoms with Crippen LogP contribution in [0.4, 0.5) is 0 Å². The molecule has 1 nitrogen and oxygen atoms in total. The van der Waals surface area contributed by atoms with Crippen molar-refractivity contribution in [3.05, 3.63) is 24.8 Å². The summed E-state index contributed by atoms with van der Waals surface area (Å²) in [5, 5.41) is 10.2. The zero-order valence-electron chi connectivity index (χ0n) is 7.84. The minimum atomic E-state index is -0.603. The van der Waals surface area contributed by atoms with E-state index < -0.39 is 5.60 Å². The molecule has 1 N–H and O–H groups in total. The Labute approximate surface area is 74.8 Å². The van der Waals surface area contributed by atoms with Gasteiger partial charge in [-0.25, -0.2) is 0 Å². The molecule has 0 aromatic rings. The van der Waals surface area contributed by atoms with Crippen LogP contribution in [0.5, 0.6) is 0 Å². The van der Waals surface area contributed by atoms with Crippen LogP contribution in [0.3, 0.4) is 0 Å². The van der Waals surface area contributed by atoms with Crippen molar-refractivity contribution in [3.63, 3.8) is 0 Å². The number of rotatable bonds is 3. The molecule has 0 aromatic heterocycles. The maximum Gasteiger partial charge on any atom is 0.0882 e. The Hall–Kier alpha value is -0.560. The van der Waals surface area contributed by atoms with E-state index in [2.05, 4.69) is 13.2 Å². The molecule has 0 radical (unpaired) electrons. The van der Waals surface area contributed by atoms with Gasteiger partial charge in [0.05, 0.1) is 5.60 Å². The van der Waals surface area contributed by atoms with Gasteiger partial charge in [0.25, 0.3) is 0 Å². The van der Waals surface area contributed by atoms with Crippen LogP contribution >= 0.6 is 0 Å². The highest BCUT2D eigenvalue weighted by Crippen LogP contribution is 2.41. The topological polar surface area (TPSA) is 20.2 Å². The Bertz CT molecular complexity index is 195. The molecule has 1 fully saturated rings. The fourth-order valence-electron chi connectivity index (χ4n) is 2.14. The average molecular weight is 166 g/mol. The molecular formula is C11H18O. The lowest BCUT2D eigenvalue weighted by atomic mass is 9.83. The van der Waals surface area contributed by atoms with E-state index in [4.69, 9.17) is 0 Å². The monoisotopic (exact) mass is 166 g/mol. The number of allylic oxidation sites excluding steroid dienone is 1. The molecule has 0 heterocycles. The highest BCUT2D eigenvalue weighted by atomic mass is 16.3. The van der Waals surface area contributed by atoms with E-state index in [1.54, 1.807) is 0 Å². The second kappa shape index (κ2) is 3.44. The summed E-state index contributed by atoms with van der Waals surface area (Å²) in [5.41, 5.74) is 0.306. The first-order valence-electron chi connectivity index (χ1n) is 4.60. The molecule has 12 heavy (non-hydrogen) atoms. The van der Waals surface area contributed by atoms with Gasteiger partial charge >= 0.3 is 0 Å². The number of hydrogen-bond donors (Lipinski definition) is 1. The molecule has 68 valence electrons. The van der Waals surface area contributed by atoms with Crippen molar-refractivity contribution >= 4 is 0 Å². The predicted molar refractivity (Wildman–Crippen MR) is 51.9 cm³/mol. The zero-order valence-corrected chi connectivity index (χ0v) is 7.84. The highest BCUT2D eigenvalue weighted by Gasteiger charge is 2.40. The van der Waals surface area contributed by atoms with Gasteiger partial charge in [-0.2, -0.15) is 0 Å². The van der Waals surface area contributed by atoms with Gasteiger partial charge in [0.1, 0.15) is 0 Å². The molecule has 0 bridgehead atoms. The maximum absolute atomic E-state index is 10.2. The molecule has 1 rings (SSSR count). The summed E-state index contributed by atoms with van der Waals surface area (Å²) in [4.78, 5) is 0. The van der Waals surface area contributed by atoms with E-state index >= 15 is 0 Å². The summed E-state index contributed by atoms with van der Waals surface area (Å²) >= 11 is 0. The summed E-state index contributed by atoms with van der Waals surface area (Å²) in [6.07, 6.45) is 5.89. The fraction of sp³-hybridized carbons (Fsp3) is 0.636. The average Bonchev–Trinajstić information content (AvgIpc) is 2.35. The predicted octanol–water partition coefficient (Wildman–Crippen LogP) is 2.67. The smallest absolute Gasteiger partial charge is 0.0882 e. The summed E-state index contributed by atoms with van der Waals surface area (Å²) in [5.74, 6) is 0.354. The largest absolute Gasteiger partial charge is 0.385 e. The van der Waals surface area contributed by atoms with Crippen molar-refractivity contribution in [2.75, 3.05) is 0 Å². The van der Waals surface area contributed by atoms with Crippen LogP contribution in [0.1, 0.15) is 32.6 Å². The number of hydrogen-bond acceptors (Lipinski definition) is 1. The minimum absolute atomic E-state index is 0.354. The second-order valence-electron chi connectivity index (χ2n) is 3.82. The van der Waals surface area contributed by atoms with Gasteiger partial charge in [0.2, 0.25) is 0 Å². The van der Waals surface area contributed by atoms with Crippen LogP contribution < -0.4 is 0 Å². The van der Waals surface area contributed by atoms with Gasteiger partial charge in [-0.15, -0.1) is 6.58 Å². The van der Waals surface area contributed by atoms with Crippen LogP contribution in [0, 0.1) is 5.92 Å². The van der Waals surface area contributed by atoms with E-state index in [9.17, 15) is 5.11 Å². The van der Waals surface area contributed by atoms with Crippen LogP contribution in [0.15, 0.2) is 24.8 Å². The molecule has 0 unspecified atom stereocenters. The molecule has 0 spiro atoms. The SMILES string of the molecule is C=CC[C@H]1CCC[C@@]1(O)C(=C)C. The van der Waals surface area contributed by atoms with Crippen molar-refractivity contribution in [2.24, 2.45) is 5.92 Å². The molecule has 0 amide bonds. The van der Waals surface area contributed by atoms with Crippen LogP contribution in [-0.2, 0) is 0 Å². The lowest BCUT2D eigenvalue weighted by molar-refractivity contribution is 0.0406. The first-order valence-corrected chi connectivity index (χ1v) is 4.60. The van der Waals surface area contributed by atoms with Gasteiger partial charge in [-0.3, -0.25) is 0 Å². The first kappa shape index (κ1) is 9.53. The van der Waals surface area contributed by atoms with E-state index in [1.165, 1.54) is 0 Å². The Morgan fingerprint density at radius 3 is 2.92 bits per heavy atom. The molecule has 0 aliphatic heterocycles. The van der Waals surface area contributed by atoms with Gasteiger partial charge in [-0.1, -0.05) is 12.7 Å². The minimum Gasteiger partial charge on any atom is -0.385 e.